The summed E-state index contributed by atoms with van der Waals surface area (Å²) in [6, 6.07) is 7.36. The Morgan fingerprint density at radius 1 is 1.27 bits per heavy atom. The van der Waals surface area contributed by atoms with Gasteiger partial charge in [-0.2, -0.15) is 0 Å². The molecule has 0 aliphatic heterocycles. The van der Waals surface area contributed by atoms with Crippen molar-refractivity contribution >= 4 is 11.9 Å². The largest absolute Gasteiger partial charge is 0.507 e. The van der Waals surface area contributed by atoms with Crippen LogP contribution in [-0.2, 0) is 0 Å². The summed E-state index contributed by atoms with van der Waals surface area (Å²) in [5.41, 5.74) is -0.955. The molecule has 0 amide bonds. The average Bonchev–Trinajstić information content (AvgIpc) is 2.44. The molecule has 2 aromatic rings. The monoisotopic (exact) mass is 300 g/mol. The number of allylic oxidation sites excluding steroid dienone is 3. The molecule has 0 aliphatic rings. The van der Waals surface area contributed by atoms with Crippen LogP contribution in [0.2, 0.25) is 0 Å². The number of aryl methyl sites for hydroxylation is 1. The van der Waals surface area contributed by atoms with Gasteiger partial charge >= 0.3 is 5.63 Å². The van der Waals surface area contributed by atoms with Gasteiger partial charge in [0.05, 0.1) is 0 Å². The van der Waals surface area contributed by atoms with E-state index in [4.69, 9.17) is 4.42 Å². The number of carbonyl (C=O) groups excluding carboxylic acids is 1. The molecule has 2 rings (SSSR count). The van der Waals surface area contributed by atoms with Gasteiger partial charge in [-0.3, -0.25) is 4.79 Å². The second-order valence-corrected chi connectivity index (χ2v) is 4.51. The third-order valence-corrected chi connectivity index (χ3v) is 2.84. The number of halogens is 1. The third-order valence-electron chi connectivity index (χ3n) is 2.84. The van der Waals surface area contributed by atoms with Crippen molar-refractivity contribution in [2.45, 2.75) is 6.92 Å². The first-order valence-electron chi connectivity index (χ1n) is 6.46. The van der Waals surface area contributed by atoms with Crippen LogP contribution in [0.1, 0.15) is 21.7 Å². The lowest BCUT2D eigenvalue weighted by Gasteiger charge is -1.99. The van der Waals surface area contributed by atoms with Crippen LogP contribution < -0.4 is 5.63 Å². The number of rotatable bonds is 4. The van der Waals surface area contributed by atoms with Crippen LogP contribution in [0, 0.1) is 12.7 Å². The van der Waals surface area contributed by atoms with Crippen LogP contribution in [0.4, 0.5) is 4.39 Å². The molecule has 22 heavy (non-hydrogen) atoms. The molecule has 0 fully saturated rings. The standard InChI is InChI=1S/C17H13FO4/c1-11-10-15(20)16(17(21)22-11)14(19)9-5-3-7-12-6-2-4-8-13(12)18/h2-10,20H,1H3/b7-3+,9-5+. The molecule has 0 radical (unpaired) electrons. The summed E-state index contributed by atoms with van der Waals surface area (Å²) < 4.78 is 18.1. The molecule has 5 heteroatoms. The van der Waals surface area contributed by atoms with Gasteiger partial charge in [0, 0.05) is 11.6 Å². The molecule has 0 spiro atoms. The highest BCUT2D eigenvalue weighted by Crippen LogP contribution is 2.15. The Hall–Kier alpha value is -2.95. The Balaban J connectivity index is 2.16. The molecule has 0 unspecified atom stereocenters. The van der Waals surface area contributed by atoms with E-state index in [9.17, 15) is 19.1 Å². The second kappa shape index (κ2) is 6.67. The minimum absolute atomic E-state index is 0.211. The molecular weight excluding hydrogens is 287 g/mol. The van der Waals surface area contributed by atoms with E-state index in [-0.39, 0.29) is 11.6 Å². The van der Waals surface area contributed by atoms with E-state index in [1.54, 1.807) is 18.2 Å². The maximum absolute atomic E-state index is 13.4. The highest BCUT2D eigenvalue weighted by Gasteiger charge is 2.15. The molecule has 1 heterocycles. The van der Waals surface area contributed by atoms with Crippen LogP contribution in [-0.4, -0.2) is 10.9 Å². The number of hydrogen-bond donors (Lipinski definition) is 1. The first-order chi connectivity index (χ1) is 10.5. The molecule has 112 valence electrons. The molecule has 0 saturated heterocycles. The molecule has 1 N–H and O–H groups in total. The summed E-state index contributed by atoms with van der Waals surface area (Å²) >= 11 is 0. The summed E-state index contributed by atoms with van der Waals surface area (Å²) in [7, 11) is 0. The van der Waals surface area contributed by atoms with Crippen molar-refractivity contribution in [1.29, 1.82) is 0 Å². The topological polar surface area (TPSA) is 67.5 Å². The molecule has 0 aliphatic carbocycles. The molecule has 0 bridgehead atoms. The van der Waals surface area contributed by atoms with Crippen molar-refractivity contribution in [2.24, 2.45) is 0 Å². The van der Waals surface area contributed by atoms with E-state index in [1.807, 2.05) is 0 Å². The molecule has 1 aromatic carbocycles. The summed E-state index contributed by atoms with van der Waals surface area (Å²) in [6.45, 7) is 1.49. The van der Waals surface area contributed by atoms with Crippen molar-refractivity contribution in [1.82, 2.24) is 0 Å². The zero-order valence-corrected chi connectivity index (χ0v) is 11.7. The molecule has 1 aromatic heterocycles. The van der Waals surface area contributed by atoms with E-state index in [2.05, 4.69) is 0 Å². The van der Waals surface area contributed by atoms with Crippen LogP contribution in [0.5, 0.6) is 5.75 Å². The lowest BCUT2D eigenvalue weighted by Crippen LogP contribution is -2.12. The van der Waals surface area contributed by atoms with Crippen LogP contribution in [0.15, 0.2) is 57.8 Å². The third kappa shape index (κ3) is 3.58. The van der Waals surface area contributed by atoms with E-state index >= 15 is 0 Å². The second-order valence-electron chi connectivity index (χ2n) is 4.51. The maximum Gasteiger partial charge on any atom is 0.351 e. The normalized spacial score (nSPS) is 11.4. The smallest absolute Gasteiger partial charge is 0.351 e. The maximum atomic E-state index is 13.4. The van der Waals surface area contributed by atoms with Gasteiger partial charge in [0.1, 0.15) is 22.9 Å². The van der Waals surface area contributed by atoms with Gasteiger partial charge < -0.3 is 9.52 Å². The summed E-state index contributed by atoms with van der Waals surface area (Å²) in [5, 5.41) is 9.63. The number of aromatic hydroxyl groups is 1. The SMILES string of the molecule is Cc1cc(O)c(C(=O)/C=C/C=C/c2ccccc2F)c(=O)o1. The van der Waals surface area contributed by atoms with Gasteiger partial charge in [0.2, 0.25) is 0 Å². The van der Waals surface area contributed by atoms with E-state index in [0.717, 1.165) is 6.08 Å². The predicted octanol–water partition coefficient (Wildman–Crippen LogP) is 3.25. The zero-order chi connectivity index (χ0) is 16.1. The lowest BCUT2D eigenvalue weighted by atomic mass is 10.1. The van der Waals surface area contributed by atoms with E-state index in [1.165, 1.54) is 37.3 Å². The van der Waals surface area contributed by atoms with Crippen molar-refractivity contribution in [2.75, 3.05) is 0 Å². The highest BCUT2D eigenvalue weighted by atomic mass is 19.1. The van der Waals surface area contributed by atoms with Crippen molar-refractivity contribution in [3.63, 3.8) is 0 Å². The van der Waals surface area contributed by atoms with Crippen LogP contribution in [0.25, 0.3) is 6.08 Å². The summed E-state index contributed by atoms with van der Waals surface area (Å²) in [5.74, 6) is -1.29. The fourth-order valence-electron chi connectivity index (χ4n) is 1.82. The number of benzene rings is 1. The Morgan fingerprint density at radius 2 is 2.00 bits per heavy atom. The quantitative estimate of drug-likeness (QED) is 0.534. The van der Waals surface area contributed by atoms with Gasteiger partial charge in [-0.1, -0.05) is 36.4 Å². The first kappa shape index (κ1) is 15.4. The molecule has 4 nitrogen and oxygen atoms in total. The van der Waals surface area contributed by atoms with E-state index in [0.29, 0.717) is 5.56 Å². The van der Waals surface area contributed by atoms with Gasteiger partial charge in [-0.05, 0) is 19.1 Å². The van der Waals surface area contributed by atoms with Crippen LogP contribution >= 0.6 is 0 Å². The highest BCUT2D eigenvalue weighted by molar-refractivity contribution is 6.06. The fourth-order valence-corrected chi connectivity index (χ4v) is 1.82. The lowest BCUT2D eigenvalue weighted by molar-refractivity contribution is 0.104. The Morgan fingerprint density at radius 3 is 2.68 bits per heavy atom. The van der Waals surface area contributed by atoms with E-state index < -0.39 is 22.7 Å². The minimum atomic E-state index is -0.898. The summed E-state index contributed by atoms with van der Waals surface area (Å²) in [4.78, 5) is 23.4. The fraction of sp³-hybridized carbons (Fsp3) is 0.0588. The van der Waals surface area contributed by atoms with Gasteiger partial charge in [-0.25, -0.2) is 9.18 Å². The molecule has 0 saturated carbocycles. The van der Waals surface area contributed by atoms with Crippen LogP contribution in [0.3, 0.4) is 0 Å². The van der Waals surface area contributed by atoms with Crippen molar-refractivity contribution in [3.05, 3.63) is 81.7 Å². The Kier molecular flexibility index (Phi) is 4.68. The average molecular weight is 300 g/mol. The molecule has 0 atom stereocenters. The zero-order valence-electron chi connectivity index (χ0n) is 11.7. The summed E-state index contributed by atoms with van der Waals surface area (Å²) in [6.07, 6.45) is 5.39. The number of hydrogen-bond acceptors (Lipinski definition) is 4. The van der Waals surface area contributed by atoms with Crippen molar-refractivity contribution in [3.8, 4) is 5.75 Å². The Labute approximate surface area is 125 Å². The number of carbonyl (C=O) groups is 1. The number of ketones is 1. The predicted molar refractivity (Wildman–Crippen MR) is 80.3 cm³/mol. The van der Waals surface area contributed by atoms with Gasteiger partial charge in [-0.15, -0.1) is 0 Å². The van der Waals surface area contributed by atoms with Crippen molar-refractivity contribution < 1.29 is 18.7 Å². The minimum Gasteiger partial charge on any atom is -0.507 e. The van der Waals surface area contributed by atoms with Gasteiger partial charge in [0.25, 0.3) is 0 Å². The molecular formula is C17H13FO4. The Bertz CT molecular complexity index is 816. The van der Waals surface area contributed by atoms with Gasteiger partial charge in [0.15, 0.2) is 5.78 Å². The first-order valence-corrected chi connectivity index (χ1v) is 6.46.